The second-order valence-electron chi connectivity index (χ2n) is 10.0. The summed E-state index contributed by atoms with van der Waals surface area (Å²) < 4.78 is 26.2. The van der Waals surface area contributed by atoms with Crippen molar-refractivity contribution in [1.29, 1.82) is 0 Å². The van der Waals surface area contributed by atoms with E-state index in [1.165, 1.54) is 19.2 Å². The summed E-state index contributed by atoms with van der Waals surface area (Å²) in [5, 5.41) is 2.74. The zero-order valence-corrected chi connectivity index (χ0v) is 21.1. The van der Waals surface area contributed by atoms with E-state index in [4.69, 9.17) is 9.47 Å². The summed E-state index contributed by atoms with van der Waals surface area (Å²) in [6, 6.07) is 5.45. The summed E-state index contributed by atoms with van der Waals surface area (Å²) in [5.74, 6) is -1.38. The number of hydrogen-bond donors (Lipinski definition) is 2. The quantitative estimate of drug-likeness (QED) is 0.510. The number of halogens is 1. The number of hydrogen-bond acceptors (Lipinski definition) is 7. The summed E-state index contributed by atoms with van der Waals surface area (Å²) in [6.45, 7) is 5.33. The maximum Gasteiger partial charge on any atom is 0.407 e. The third-order valence-electron chi connectivity index (χ3n) is 6.26. The molecule has 1 aromatic carbocycles. The van der Waals surface area contributed by atoms with E-state index >= 15 is 4.39 Å². The van der Waals surface area contributed by atoms with Gasteiger partial charge in [0, 0.05) is 17.6 Å². The van der Waals surface area contributed by atoms with Crippen molar-refractivity contribution in [2.24, 2.45) is 0 Å². The van der Waals surface area contributed by atoms with Gasteiger partial charge in [0.25, 0.3) is 5.56 Å². The number of methoxy groups -OCH3 is 1. The average molecular weight is 513 g/mol. The Labute approximate surface area is 211 Å². The van der Waals surface area contributed by atoms with Gasteiger partial charge in [-0.1, -0.05) is 12.1 Å². The monoisotopic (exact) mass is 512 g/mol. The van der Waals surface area contributed by atoms with E-state index < -0.39 is 40.8 Å². The molecule has 0 atom stereocenters. The molecule has 0 bridgehead atoms. The molecule has 4 rings (SSSR count). The first kappa shape index (κ1) is 26.1. The number of rotatable bonds is 4. The highest BCUT2D eigenvalue weighted by atomic mass is 19.1. The third kappa shape index (κ3) is 5.55. The fraction of sp³-hybridized carbons (Fsp3) is 0.423. The van der Waals surface area contributed by atoms with Crippen LogP contribution in [0.15, 0.2) is 40.1 Å². The van der Waals surface area contributed by atoms with Crippen LogP contribution in [0.2, 0.25) is 0 Å². The number of aromatic amines is 1. The zero-order chi connectivity index (χ0) is 26.9. The second-order valence-corrected chi connectivity index (χ2v) is 10.0. The molecule has 0 aliphatic heterocycles. The van der Waals surface area contributed by atoms with Crippen molar-refractivity contribution in [3.63, 3.8) is 0 Å². The topological polar surface area (TPSA) is 132 Å². The number of nitrogens with one attached hydrogen (secondary N) is 2. The van der Waals surface area contributed by atoms with E-state index in [9.17, 15) is 19.2 Å². The minimum absolute atomic E-state index is 0.0496. The molecule has 1 aliphatic rings. The van der Waals surface area contributed by atoms with Crippen molar-refractivity contribution in [3.8, 4) is 11.1 Å². The maximum atomic E-state index is 15.1. The number of esters is 1. The molecule has 11 heteroatoms. The Kier molecular flexibility index (Phi) is 7.15. The fourth-order valence-electron chi connectivity index (χ4n) is 4.65. The summed E-state index contributed by atoms with van der Waals surface area (Å²) in [5.41, 5.74) is -1.59. The van der Waals surface area contributed by atoms with Crippen molar-refractivity contribution in [2.45, 2.75) is 64.1 Å². The summed E-state index contributed by atoms with van der Waals surface area (Å²) in [4.78, 5) is 57.2. The Balaban J connectivity index is 1.69. The highest BCUT2D eigenvalue weighted by Gasteiger charge is 2.28. The molecule has 1 aliphatic carbocycles. The Hall–Kier alpha value is -4.02. The number of amides is 1. The SMILES string of the molecule is COC(=O)c1cccc(-c2c(F)cnc3[nH]c(=O)n([C@H]4CC[C@@H](NC(=O)OC(C)(C)C)CC4)c(=O)c23)c1. The van der Waals surface area contributed by atoms with Crippen LogP contribution < -0.4 is 16.6 Å². The van der Waals surface area contributed by atoms with Crippen LogP contribution in [-0.2, 0) is 9.47 Å². The van der Waals surface area contributed by atoms with E-state index in [0.29, 0.717) is 25.7 Å². The van der Waals surface area contributed by atoms with Crippen LogP contribution >= 0.6 is 0 Å². The molecule has 2 N–H and O–H groups in total. The number of ether oxygens (including phenoxy) is 2. The molecule has 0 unspecified atom stereocenters. The van der Waals surface area contributed by atoms with Crippen LogP contribution in [0.25, 0.3) is 22.2 Å². The zero-order valence-electron chi connectivity index (χ0n) is 21.1. The molecule has 196 valence electrons. The third-order valence-corrected chi connectivity index (χ3v) is 6.26. The van der Waals surface area contributed by atoms with Crippen LogP contribution in [0.5, 0.6) is 0 Å². The number of carbonyl (C=O) groups is 2. The maximum absolute atomic E-state index is 15.1. The van der Waals surface area contributed by atoms with E-state index in [0.717, 1.165) is 10.8 Å². The molecular weight excluding hydrogens is 483 g/mol. The molecule has 1 fully saturated rings. The van der Waals surface area contributed by atoms with Crippen molar-refractivity contribution in [1.82, 2.24) is 19.9 Å². The summed E-state index contributed by atoms with van der Waals surface area (Å²) >= 11 is 0. The van der Waals surface area contributed by atoms with Crippen molar-refractivity contribution >= 4 is 23.1 Å². The van der Waals surface area contributed by atoms with E-state index in [1.807, 2.05) is 0 Å². The number of H-pyrrole nitrogens is 1. The number of pyridine rings is 1. The Morgan fingerprint density at radius 1 is 1.16 bits per heavy atom. The Morgan fingerprint density at radius 3 is 2.51 bits per heavy atom. The second kappa shape index (κ2) is 10.2. The number of nitrogens with zero attached hydrogens (tertiary/aromatic N) is 2. The van der Waals surface area contributed by atoms with Crippen LogP contribution in [0.4, 0.5) is 9.18 Å². The van der Waals surface area contributed by atoms with Gasteiger partial charge in [-0.25, -0.2) is 23.8 Å². The lowest BCUT2D eigenvalue weighted by molar-refractivity contribution is 0.0486. The van der Waals surface area contributed by atoms with Gasteiger partial charge in [0.1, 0.15) is 17.1 Å². The van der Waals surface area contributed by atoms with E-state index in [1.54, 1.807) is 32.9 Å². The summed E-state index contributed by atoms with van der Waals surface area (Å²) in [7, 11) is 1.23. The van der Waals surface area contributed by atoms with Crippen LogP contribution in [0, 0.1) is 5.82 Å². The number of aromatic nitrogens is 3. The molecule has 3 aromatic rings. The molecule has 0 radical (unpaired) electrons. The first-order valence-electron chi connectivity index (χ1n) is 12.0. The first-order chi connectivity index (χ1) is 17.5. The molecular formula is C26H29FN4O6. The fourth-order valence-corrected chi connectivity index (χ4v) is 4.65. The molecule has 37 heavy (non-hydrogen) atoms. The minimum atomic E-state index is -0.768. The predicted octanol–water partition coefficient (Wildman–Crippen LogP) is 3.69. The smallest absolute Gasteiger partial charge is 0.407 e. The van der Waals surface area contributed by atoms with Gasteiger partial charge in [0.05, 0.1) is 24.3 Å². The lowest BCUT2D eigenvalue weighted by atomic mass is 9.91. The lowest BCUT2D eigenvalue weighted by Crippen LogP contribution is -2.44. The predicted molar refractivity (Wildman–Crippen MR) is 134 cm³/mol. The molecule has 1 amide bonds. The van der Waals surface area contributed by atoms with Crippen LogP contribution in [0.1, 0.15) is 62.9 Å². The molecule has 1 saturated carbocycles. The number of carbonyl (C=O) groups excluding carboxylic acids is 2. The highest BCUT2D eigenvalue weighted by molar-refractivity contribution is 5.95. The van der Waals surface area contributed by atoms with Gasteiger partial charge in [-0.3, -0.25) is 14.3 Å². The highest BCUT2D eigenvalue weighted by Crippen LogP contribution is 2.30. The molecule has 2 aromatic heterocycles. The lowest BCUT2D eigenvalue weighted by Gasteiger charge is -2.30. The number of fused-ring (bicyclic) bond motifs is 1. The van der Waals surface area contributed by atoms with Gasteiger partial charge in [-0.15, -0.1) is 0 Å². The van der Waals surface area contributed by atoms with Gasteiger partial charge in [-0.05, 0) is 64.2 Å². The largest absolute Gasteiger partial charge is 0.465 e. The van der Waals surface area contributed by atoms with Crippen LogP contribution in [0.3, 0.4) is 0 Å². The van der Waals surface area contributed by atoms with Gasteiger partial charge in [0.15, 0.2) is 0 Å². The number of alkyl carbamates (subject to hydrolysis) is 1. The van der Waals surface area contributed by atoms with E-state index in [2.05, 4.69) is 15.3 Å². The van der Waals surface area contributed by atoms with Crippen molar-refractivity contribution in [2.75, 3.05) is 7.11 Å². The molecule has 0 spiro atoms. The van der Waals surface area contributed by atoms with Crippen molar-refractivity contribution in [3.05, 3.63) is 62.7 Å². The van der Waals surface area contributed by atoms with Crippen LogP contribution in [-0.4, -0.2) is 45.4 Å². The van der Waals surface area contributed by atoms with Gasteiger partial charge >= 0.3 is 17.8 Å². The average Bonchev–Trinajstić information content (AvgIpc) is 2.83. The summed E-state index contributed by atoms with van der Waals surface area (Å²) in [6.07, 6.45) is 2.37. The molecule has 0 saturated heterocycles. The standard InChI is InChI=1S/C26H29FN4O6/c1-26(2,3)37-25(35)29-16-8-10-17(11-9-16)31-22(32)20-19(18(27)13-28-21(20)30-24(31)34)14-6-5-7-15(12-14)23(33)36-4/h5-7,12-13,16-17H,8-11H2,1-4H3,(H,29,35)(H,28,30,34)/t16-,17+. The molecule has 2 heterocycles. The minimum Gasteiger partial charge on any atom is -0.465 e. The van der Waals surface area contributed by atoms with Crippen molar-refractivity contribution < 1.29 is 23.5 Å². The Morgan fingerprint density at radius 2 is 1.86 bits per heavy atom. The molecule has 10 nitrogen and oxygen atoms in total. The van der Waals surface area contributed by atoms with Gasteiger partial charge in [-0.2, -0.15) is 0 Å². The van der Waals surface area contributed by atoms with Gasteiger partial charge < -0.3 is 14.8 Å². The number of benzene rings is 1. The van der Waals surface area contributed by atoms with E-state index in [-0.39, 0.29) is 33.8 Å². The Bertz CT molecular complexity index is 1460. The van der Waals surface area contributed by atoms with Gasteiger partial charge in [0.2, 0.25) is 0 Å². The normalized spacial score (nSPS) is 17.9. The first-order valence-corrected chi connectivity index (χ1v) is 12.0.